The molecule has 0 radical (unpaired) electrons. The van der Waals surface area contributed by atoms with E-state index in [2.05, 4.69) is 20.2 Å². The second kappa shape index (κ2) is 8.06. The minimum Gasteiger partial charge on any atom is -0.356 e. The molecule has 24 heavy (non-hydrogen) atoms. The zero-order valence-electron chi connectivity index (χ0n) is 14.2. The summed E-state index contributed by atoms with van der Waals surface area (Å²) in [6.07, 6.45) is 8.47. The van der Waals surface area contributed by atoms with Gasteiger partial charge in [-0.25, -0.2) is 4.98 Å². The van der Waals surface area contributed by atoms with E-state index in [1.807, 2.05) is 12.1 Å². The highest BCUT2D eigenvalue weighted by atomic mass is 16.1. The lowest BCUT2D eigenvalue weighted by atomic mass is 10.1. The van der Waals surface area contributed by atoms with E-state index < -0.39 is 0 Å². The van der Waals surface area contributed by atoms with E-state index in [9.17, 15) is 4.79 Å². The van der Waals surface area contributed by atoms with Crippen molar-refractivity contribution in [3.8, 4) is 11.3 Å². The first-order chi connectivity index (χ1) is 11.7. The van der Waals surface area contributed by atoms with E-state index in [0.717, 1.165) is 25.1 Å². The van der Waals surface area contributed by atoms with Crippen LogP contribution in [0.15, 0.2) is 35.4 Å². The van der Waals surface area contributed by atoms with Crippen LogP contribution >= 0.6 is 0 Å². The van der Waals surface area contributed by atoms with Crippen LogP contribution in [0.3, 0.4) is 0 Å². The number of hydrogen-bond acceptors (Lipinski definition) is 5. The summed E-state index contributed by atoms with van der Waals surface area (Å²) < 4.78 is 1.56. The molecule has 3 rings (SSSR count). The molecule has 0 unspecified atom stereocenters. The summed E-state index contributed by atoms with van der Waals surface area (Å²) in [5.41, 5.74) is 1.52. The average Bonchev–Trinajstić information content (AvgIpc) is 2.63. The van der Waals surface area contributed by atoms with Gasteiger partial charge in [0, 0.05) is 37.6 Å². The molecule has 0 atom stereocenters. The smallest absolute Gasteiger partial charge is 0.255 e. The Kier molecular flexibility index (Phi) is 5.59. The number of likely N-dealkylation sites (tertiary alicyclic amines) is 1. The molecule has 1 aliphatic heterocycles. The van der Waals surface area contributed by atoms with Crippen LogP contribution in [0.25, 0.3) is 11.3 Å². The van der Waals surface area contributed by atoms with Gasteiger partial charge in [0.05, 0.1) is 5.69 Å². The molecule has 3 heterocycles. The summed E-state index contributed by atoms with van der Waals surface area (Å²) in [6, 6.07) is 5.29. The number of nitrogens with one attached hydrogen (secondary N) is 1. The largest absolute Gasteiger partial charge is 0.356 e. The number of pyridine rings is 1. The van der Waals surface area contributed by atoms with Gasteiger partial charge < -0.3 is 10.2 Å². The fourth-order valence-electron chi connectivity index (χ4n) is 3.05. The van der Waals surface area contributed by atoms with Crippen molar-refractivity contribution in [2.24, 2.45) is 7.05 Å². The summed E-state index contributed by atoms with van der Waals surface area (Å²) in [7, 11) is 1.75. The first-order valence-corrected chi connectivity index (χ1v) is 8.69. The van der Waals surface area contributed by atoms with Crippen molar-refractivity contribution in [2.45, 2.75) is 25.7 Å². The van der Waals surface area contributed by atoms with Gasteiger partial charge in [0.15, 0.2) is 0 Å². The van der Waals surface area contributed by atoms with Crippen LogP contribution in [0.5, 0.6) is 0 Å². The van der Waals surface area contributed by atoms with E-state index in [0.29, 0.717) is 11.6 Å². The van der Waals surface area contributed by atoms with Gasteiger partial charge in [-0.05, 0) is 51.0 Å². The Morgan fingerprint density at radius 2 is 1.92 bits per heavy atom. The predicted molar refractivity (Wildman–Crippen MR) is 96.1 cm³/mol. The zero-order valence-corrected chi connectivity index (χ0v) is 14.2. The van der Waals surface area contributed by atoms with Gasteiger partial charge in [-0.15, -0.1) is 0 Å². The number of rotatable bonds is 6. The van der Waals surface area contributed by atoms with Crippen molar-refractivity contribution in [3.63, 3.8) is 0 Å². The second-order valence-electron chi connectivity index (χ2n) is 6.28. The fourth-order valence-corrected chi connectivity index (χ4v) is 3.05. The molecule has 1 fully saturated rings. The van der Waals surface area contributed by atoms with E-state index in [4.69, 9.17) is 0 Å². The summed E-state index contributed by atoms with van der Waals surface area (Å²) in [4.78, 5) is 23.3. The van der Waals surface area contributed by atoms with Crippen LogP contribution in [-0.4, -0.2) is 45.6 Å². The number of piperidine rings is 1. The highest BCUT2D eigenvalue weighted by Crippen LogP contribution is 2.15. The molecule has 0 aromatic carbocycles. The first-order valence-electron chi connectivity index (χ1n) is 8.69. The number of nitrogens with zero attached hydrogens (tertiary/aromatic N) is 4. The molecule has 2 aromatic heterocycles. The zero-order chi connectivity index (χ0) is 16.8. The summed E-state index contributed by atoms with van der Waals surface area (Å²) >= 11 is 0. The van der Waals surface area contributed by atoms with E-state index in [-0.39, 0.29) is 5.56 Å². The minimum atomic E-state index is -0.0599. The number of anilines is 1. The SMILES string of the molecule is Cn1c(NCCCN2CCCCC2)nc(-c2ccncc2)cc1=O. The molecule has 0 saturated carbocycles. The van der Waals surface area contributed by atoms with Gasteiger partial charge in [0.1, 0.15) is 0 Å². The van der Waals surface area contributed by atoms with Crippen LogP contribution in [0.1, 0.15) is 25.7 Å². The van der Waals surface area contributed by atoms with Gasteiger partial charge in [-0.2, -0.15) is 0 Å². The van der Waals surface area contributed by atoms with Crippen molar-refractivity contribution in [2.75, 3.05) is 31.5 Å². The third-order valence-electron chi connectivity index (χ3n) is 4.49. The van der Waals surface area contributed by atoms with E-state index in [1.54, 1.807) is 30.1 Å². The summed E-state index contributed by atoms with van der Waals surface area (Å²) in [5, 5.41) is 3.31. The second-order valence-corrected chi connectivity index (χ2v) is 6.28. The maximum absolute atomic E-state index is 12.2. The molecule has 0 aliphatic carbocycles. The Morgan fingerprint density at radius 3 is 2.67 bits per heavy atom. The molecule has 6 nitrogen and oxygen atoms in total. The van der Waals surface area contributed by atoms with Crippen LogP contribution in [-0.2, 0) is 7.05 Å². The lowest BCUT2D eigenvalue weighted by Crippen LogP contribution is -2.31. The molecule has 6 heteroatoms. The van der Waals surface area contributed by atoms with Gasteiger partial charge in [-0.1, -0.05) is 6.42 Å². The Labute approximate surface area is 142 Å². The number of hydrogen-bond donors (Lipinski definition) is 1. The van der Waals surface area contributed by atoms with Crippen molar-refractivity contribution in [1.29, 1.82) is 0 Å². The lowest BCUT2D eigenvalue weighted by molar-refractivity contribution is 0.228. The summed E-state index contributed by atoms with van der Waals surface area (Å²) in [6.45, 7) is 4.35. The van der Waals surface area contributed by atoms with Crippen molar-refractivity contribution in [1.82, 2.24) is 19.4 Å². The topological polar surface area (TPSA) is 63.1 Å². The van der Waals surface area contributed by atoms with Crippen LogP contribution in [0, 0.1) is 0 Å². The molecule has 1 aliphatic rings. The monoisotopic (exact) mass is 327 g/mol. The van der Waals surface area contributed by atoms with E-state index in [1.165, 1.54) is 32.4 Å². The van der Waals surface area contributed by atoms with Crippen LogP contribution in [0.2, 0.25) is 0 Å². The third kappa shape index (κ3) is 4.20. The first kappa shape index (κ1) is 16.6. The van der Waals surface area contributed by atoms with Crippen LogP contribution in [0.4, 0.5) is 5.95 Å². The van der Waals surface area contributed by atoms with Crippen molar-refractivity contribution >= 4 is 5.95 Å². The molecule has 0 spiro atoms. The Bertz CT molecular complexity index is 707. The standard InChI is InChI=1S/C18H25N5O/c1-22-17(24)14-16(15-6-9-19-10-7-15)21-18(22)20-8-5-13-23-11-3-2-4-12-23/h6-7,9-10,14H,2-5,8,11-13H2,1H3,(H,20,21). The predicted octanol–water partition coefficient (Wildman–Crippen LogP) is 2.13. The number of aromatic nitrogens is 3. The molecule has 0 bridgehead atoms. The molecular formula is C18H25N5O. The molecule has 2 aromatic rings. The Hall–Kier alpha value is -2.21. The normalized spacial score (nSPS) is 15.4. The van der Waals surface area contributed by atoms with Crippen LogP contribution < -0.4 is 10.9 Å². The minimum absolute atomic E-state index is 0.0599. The Morgan fingerprint density at radius 1 is 1.17 bits per heavy atom. The molecule has 0 amide bonds. The van der Waals surface area contributed by atoms with Gasteiger partial charge in [0.2, 0.25) is 5.95 Å². The Balaban J connectivity index is 1.62. The van der Waals surface area contributed by atoms with E-state index >= 15 is 0 Å². The maximum atomic E-state index is 12.2. The fraction of sp³-hybridized carbons (Fsp3) is 0.500. The summed E-state index contributed by atoms with van der Waals surface area (Å²) in [5.74, 6) is 0.618. The maximum Gasteiger partial charge on any atom is 0.255 e. The van der Waals surface area contributed by atoms with Crippen molar-refractivity contribution in [3.05, 3.63) is 40.9 Å². The van der Waals surface area contributed by atoms with Gasteiger partial charge in [0.25, 0.3) is 5.56 Å². The highest BCUT2D eigenvalue weighted by Gasteiger charge is 2.10. The molecule has 1 saturated heterocycles. The van der Waals surface area contributed by atoms with Gasteiger partial charge in [-0.3, -0.25) is 14.3 Å². The van der Waals surface area contributed by atoms with Gasteiger partial charge >= 0.3 is 0 Å². The molecule has 128 valence electrons. The highest BCUT2D eigenvalue weighted by molar-refractivity contribution is 5.59. The quantitative estimate of drug-likeness (QED) is 0.824. The molecule has 1 N–H and O–H groups in total. The lowest BCUT2D eigenvalue weighted by Gasteiger charge is -2.26. The molecular weight excluding hydrogens is 302 g/mol. The van der Waals surface area contributed by atoms with Crippen molar-refractivity contribution < 1.29 is 0 Å². The third-order valence-corrected chi connectivity index (χ3v) is 4.49. The average molecular weight is 327 g/mol.